The van der Waals surface area contributed by atoms with E-state index in [1.54, 1.807) is 6.20 Å². The summed E-state index contributed by atoms with van der Waals surface area (Å²) in [6, 6.07) is 3.88. The summed E-state index contributed by atoms with van der Waals surface area (Å²) in [7, 11) is 0. The van der Waals surface area contributed by atoms with Crippen molar-refractivity contribution in [2.45, 2.75) is 39.2 Å². The Bertz CT molecular complexity index is 375. The number of ether oxygens (including phenoxy) is 1. The van der Waals surface area contributed by atoms with Crippen molar-refractivity contribution in [3.8, 4) is 5.75 Å². The second kappa shape index (κ2) is 7.34. The molecule has 1 unspecified atom stereocenters. The molecule has 2 rings (SSSR count). The lowest BCUT2D eigenvalue weighted by Crippen LogP contribution is -2.30. The normalized spacial score (nSPS) is 19.4. The molecule has 1 saturated heterocycles. The molecule has 1 fully saturated rings. The van der Waals surface area contributed by atoms with Gasteiger partial charge in [-0.3, -0.25) is 0 Å². The molecule has 1 aliphatic rings. The Hall–Kier alpha value is -1.29. The van der Waals surface area contributed by atoms with Gasteiger partial charge >= 0.3 is 0 Å². The van der Waals surface area contributed by atoms with Crippen LogP contribution < -0.4 is 15.4 Å². The number of nitrogens with one attached hydrogen (secondary N) is 2. The molecule has 1 atom stereocenters. The maximum absolute atomic E-state index is 5.75. The smallest absolute Gasteiger partial charge is 0.168 e. The lowest BCUT2D eigenvalue weighted by Gasteiger charge is -2.23. The highest BCUT2D eigenvalue weighted by atomic mass is 16.5. The van der Waals surface area contributed by atoms with Crippen molar-refractivity contribution in [1.29, 1.82) is 0 Å². The zero-order valence-electron chi connectivity index (χ0n) is 12.0. The van der Waals surface area contributed by atoms with E-state index >= 15 is 0 Å². The summed E-state index contributed by atoms with van der Waals surface area (Å²) in [5.41, 5.74) is 0. The van der Waals surface area contributed by atoms with E-state index < -0.39 is 0 Å². The highest BCUT2D eigenvalue weighted by Gasteiger charge is 2.13. The first-order valence-corrected chi connectivity index (χ1v) is 7.32. The predicted octanol–water partition coefficient (Wildman–Crippen LogP) is 2.67. The van der Waals surface area contributed by atoms with Gasteiger partial charge in [-0.25, -0.2) is 4.98 Å². The van der Waals surface area contributed by atoms with E-state index in [1.807, 2.05) is 26.0 Å². The van der Waals surface area contributed by atoms with E-state index in [2.05, 4.69) is 15.6 Å². The maximum atomic E-state index is 5.75. The van der Waals surface area contributed by atoms with Gasteiger partial charge in [0.25, 0.3) is 0 Å². The SMILES string of the molecule is CC(C)Oc1cccnc1NCCC1CCCNC1. The van der Waals surface area contributed by atoms with E-state index in [0.29, 0.717) is 0 Å². The van der Waals surface area contributed by atoms with Crippen molar-refractivity contribution in [3.05, 3.63) is 18.3 Å². The van der Waals surface area contributed by atoms with Gasteiger partial charge < -0.3 is 15.4 Å². The largest absolute Gasteiger partial charge is 0.487 e. The molecule has 0 aliphatic carbocycles. The molecule has 4 nitrogen and oxygen atoms in total. The van der Waals surface area contributed by atoms with Gasteiger partial charge in [0.1, 0.15) is 0 Å². The number of pyridine rings is 1. The van der Waals surface area contributed by atoms with Crippen molar-refractivity contribution < 1.29 is 4.74 Å². The third kappa shape index (κ3) is 4.71. The molecular weight excluding hydrogens is 238 g/mol. The van der Waals surface area contributed by atoms with Crippen molar-refractivity contribution in [3.63, 3.8) is 0 Å². The summed E-state index contributed by atoms with van der Waals surface area (Å²) in [4.78, 5) is 4.36. The lowest BCUT2D eigenvalue weighted by atomic mass is 9.96. The fourth-order valence-electron chi connectivity index (χ4n) is 2.44. The van der Waals surface area contributed by atoms with Crippen molar-refractivity contribution in [2.75, 3.05) is 25.0 Å². The van der Waals surface area contributed by atoms with E-state index in [0.717, 1.165) is 30.6 Å². The third-order valence-corrected chi connectivity index (χ3v) is 3.38. The monoisotopic (exact) mass is 263 g/mol. The molecule has 0 spiro atoms. The fourth-order valence-corrected chi connectivity index (χ4v) is 2.44. The molecule has 1 aliphatic heterocycles. The lowest BCUT2D eigenvalue weighted by molar-refractivity contribution is 0.243. The molecule has 1 aromatic heterocycles. The van der Waals surface area contributed by atoms with Crippen LogP contribution in [0.1, 0.15) is 33.1 Å². The summed E-state index contributed by atoms with van der Waals surface area (Å²) in [6.45, 7) is 7.35. The molecule has 106 valence electrons. The van der Waals surface area contributed by atoms with Gasteiger partial charge in [0.05, 0.1) is 6.10 Å². The van der Waals surface area contributed by atoms with Crippen LogP contribution in [0.25, 0.3) is 0 Å². The summed E-state index contributed by atoms with van der Waals surface area (Å²) in [5.74, 6) is 2.50. The molecule has 2 N–H and O–H groups in total. The second-order valence-corrected chi connectivity index (χ2v) is 5.44. The fraction of sp³-hybridized carbons (Fsp3) is 0.667. The van der Waals surface area contributed by atoms with Crippen molar-refractivity contribution in [1.82, 2.24) is 10.3 Å². The average molecular weight is 263 g/mol. The van der Waals surface area contributed by atoms with Crippen LogP contribution in [-0.2, 0) is 0 Å². The zero-order chi connectivity index (χ0) is 13.5. The van der Waals surface area contributed by atoms with Gasteiger partial charge in [-0.1, -0.05) is 0 Å². The second-order valence-electron chi connectivity index (χ2n) is 5.44. The van der Waals surface area contributed by atoms with E-state index in [1.165, 1.54) is 25.8 Å². The van der Waals surface area contributed by atoms with Crippen LogP contribution >= 0.6 is 0 Å². The minimum atomic E-state index is 0.173. The van der Waals surface area contributed by atoms with Crippen LogP contribution in [0.15, 0.2) is 18.3 Å². The van der Waals surface area contributed by atoms with Gasteiger partial charge in [-0.2, -0.15) is 0 Å². The number of rotatable bonds is 6. The minimum Gasteiger partial charge on any atom is -0.487 e. The molecule has 0 amide bonds. The van der Waals surface area contributed by atoms with E-state index in [-0.39, 0.29) is 6.10 Å². The van der Waals surface area contributed by atoms with Crippen LogP contribution in [-0.4, -0.2) is 30.7 Å². The summed E-state index contributed by atoms with van der Waals surface area (Å²) in [6.07, 6.45) is 5.80. The standard InChI is InChI=1S/C15H25N3O/c1-12(2)19-14-6-4-9-17-15(14)18-10-7-13-5-3-8-16-11-13/h4,6,9,12-13,16H,3,5,7-8,10-11H2,1-2H3,(H,17,18). The number of hydrogen-bond acceptors (Lipinski definition) is 4. The topological polar surface area (TPSA) is 46.2 Å². The van der Waals surface area contributed by atoms with Gasteiger partial charge in [0.15, 0.2) is 11.6 Å². The molecule has 1 aromatic rings. The van der Waals surface area contributed by atoms with E-state index in [9.17, 15) is 0 Å². The molecule has 2 heterocycles. The molecule has 0 radical (unpaired) electrons. The van der Waals surface area contributed by atoms with Crippen LogP contribution in [0.5, 0.6) is 5.75 Å². The third-order valence-electron chi connectivity index (χ3n) is 3.38. The van der Waals surface area contributed by atoms with Gasteiger partial charge in [-0.05, 0) is 64.3 Å². The molecule has 4 heteroatoms. The number of nitrogens with zero attached hydrogens (tertiary/aromatic N) is 1. The van der Waals surface area contributed by atoms with Crippen LogP contribution in [0.2, 0.25) is 0 Å². The van der Waals surface area contributed by atoms with Crippen LogP contribution in [0.4, 0.5) is 5.82 Å². The van der Waals surface area contributed by atoms with Crippen molar-refractivity contribution in [2.24, 2.45) is 5.92 Å². The van der Waals surface area contributed by atoms with E-state index in [4.69, 9.17) is 4.74 Å². The first-order valence-electron chi connectivity index (χ1n) is 7.32. The molecule has 0 aromatic carbocycles. The Morgan fingerprint density at radius 1 is 1.53 bits per heavy atom. The number of anilines is 1. The number of hydrogen-bond donors (Lipinski definition) is 2. The van der Waals surface area contributed by atoms with Crippen LogP contribution in [0, 0.1) is 5.92 Å². The maximum Gasteiger partial charge on any atom is 0.168 e. The van der Waals surface area contributed by atoms with Gasteiger partial charge in [-0.15, -0.1) is 0 Å². The number of aromatic nitrogens is 1. The average Bonchev–Trinajstić information content (AvgIpc) is 2.41. The highest BCUT2D eigenvalue weighted by molar-refractivity contribution is 5.49. The first kappa shape index (κ1) is 14.1. The number of piperidine rings is 1. The molecular formula is C15H25N3O. The zero-order valence-corrected chi connectivity index (χ0v) is 12.0. The van der Waals surface area contributed by atoms with Crippen LogP contribution in [0.3, 0.4) is 0 Å². The summed E-state index contributed by atoms with van der Waals surface area (Å²) in [5, 5.41) is 6.85. The quantitative estimate of drug-likeness (QED) is 0.828. The molecule has 19 heavy (non-hydrogen) atoms. The molecule has 0 saturated carbocycles. The first-order chi connectivity index (χ1) is 9.25. The Labute approximate surface area is 116 Å². The minimum absolute atomic E-state index is 0.173. The predicted molar refractivity (Wildman–Crippen MR) is 78.7 cm³/mol. The van der Waals surface area contributed by atoms with Gasteiger partial charge in [0, 0.05) is 12.7 Å². The highest BCUT2D eigenvalue weighted by Crippen LogP contribution is 2.22. The summed E-state index contributed by atoms with van der Waals surface area (Å²) < 4.78 is 5.75. The summed E-state index contributed by atoms with van der Waals surface area (Å²) >= 11 is 0. The Balaban J connectivity index is 1.81. The Kier molecular flexibility index (Phi) is 5.45. The molecule has 0 bridgehead atoms. The Morgan fingerprint density at radius 2 is 2.42 bits per heavy atom. The van der Waals surface area contributed by atoms with Gasteiger partial charge in [0.2, 0.25) is 0 Å². The van der Waals surface area contributed by atoms with Crippen molar-refractivity contribution >= 4 is 5.82 Å². The Morgan fingerprint density at radius 3 is 3.16 bits per heavy atom.